The van der Waals surface area contributed by atoms with Crippen molar-refractivity contribution in [2.45, 2.75) is 31.5 Å². The Morgan fingerprint density at radius 3 is 2.38 bits per heavy atom. The van der Waals surface area contributed by atoms with Gasteiger partial charge in [-0.1, -0.05) is 0 Å². The van der Waals surface area contributed by atoms with Crippen LogP contribution in [0.1, 0.15) is 19.3 Å². The third kappa shape index (κ3) is 0.962. The first kappa shape index (κ1) is 8.25. The predicted molar refractivity (Wildman–Crippen MR) is 49.4 cm³/mol. The molecule has 0 aromatic rings. The Hall–Kier alpha value is -0.0800. The van der Waals surface area contributed by atoms with Crippen molar-refractivity contribution in [3.63, 3.8) is 0 Å². The van der Waals surface area contributed by atoms with Crippen LogP contribution in [0.15, 0.2) is 0 Å². The quantitative estimate of drug-likeness (QED) is 0.647. The molecule has 0 amide bonds. The molecular weight excluding hydrogens is 164 g/mol. The van der Waals surface area contributed by atoms with E-state index in [2.05, 4.69) is 0 Å². The van der Waals surface area contributed by atoms with Crippen molar-refractivity contribution in [2.24, 2.45) is 23.7 Å². The molecular formula is C11H18O2. The van der Waals surface area contributed by atoms with E-state index in [4.69, 9.17) is 9.47 Å². The molecule has 2 unspecified atom stereocenters. The largest absolute Gasteiger partial charge is 0.381 e. The molecule has 2 heteroatoms. The van der Waals surface area contributed by atoms with Crippen molar-refractivity contribution in [3.05, 3.63) is 0 Å². The molecule has 6 atom stereocenters. The van der Waals surface area contributed by atoms with Crippen LogP contribution in [0.4, 0.5) is 0 Å². The maximum Gasteiger partial charge on any atom is 0.0657 e. The summed E-state index contributed by atoms with van der Waals surface area (Å²) in [6.45, 7) is 0. The van der Waals surface area contributed by atoms with Crippen LogP contribution in [-0.4, -0.2) is 26.4 Å². The molecule has 0 aliphatic heterocycles. The van der Waals surface area contributed by atoms with Crippen LogP contribution in [0.25, 0.3) is 0 Å². The highest BCUT2D eigenvalue weighted by molar-refractivity contribution is 5.12. The molecule has 13 heavy (non-hydrogen) atoms. The van der Waals surface area contributed by atoms with Gasteiger partial charge in [-0.05, 0) is 37.0 Å². The van der Waals surface area contributed by atoms with E-state index in [1.54, 1.807) is 0 Å². The summed E-state index contributed by atoms with van der Waals surface area (Å²) in [6.07, 6.45) is 5.06. The van der Waals surface area contributed by atoms with Crippen LogP contribution in [0.5, 0.6) is 0 Å². The van der Waals surface area contributed by atoms with E-state index in [0.717, 1.165) is 17.8 Å². The van der Waals surface area contributed by atoms with Crippen LogP contribution in [0.2, 0.25) is 0 Å². The normalized spacial score (nSPS) is 57.7. The molecule has 2 bridgehead atoms. The Bertz CT molecular complexity index is 216. The zero-order valence-electron chi connectivity index (χ0n) is 8.40. The van der Waals surface area contributed by atoms with Gasteiger partial charge in [0.15, 0.2) is 0 Å². The summed E-state index contributed by atoms with van der Waals surface area (Å²) in [5.74, 6) is 3.51. The molecule has 0 heterocycles. The highest BCUT2D eigenvalue weighted by Crippen LogP contribution is 2.64. The lowest BCUT2D eigenvalue weighted by molar-refractivity contribution is -0.0777. The summed E-state index contributed by atoms with van der Waals surface area (Å²) in [7, 11) is 3.72. The number of hydrogen-bond acceptors (Lipinski definition) is 2. The minimum atomic E-state index is 0.485. The lowest BCUT2D eigenvalue weighted by atomic mass is 9.79. The van der Waals surface area contributed by atoms with Gasteiger partial charge in [-0.3, -0.25) is 0 Å². The maximum atomic E-state index is 5.63. The number of fused-ring (bicyclic) bond motifs is 2. The van der Waals surface area contributed by atoms with Crippen LogP contribution in [0.3, 0.4) is 0 Å². The molecule has 0 spiro atoms. The minimum absolute atomic E-state index is 0.485. The fourth-order valence-corrected chi connectivity index (χ4v) is 3.98. The van der Waals surface area contributed by atoms with E-state index < -0.39 is 0 Å². The SMILES string of the molecule is CO[C@@H]1CC2C3[C@H]2CC[C@H]1[C@H]3OC. The summed E-state index contributed by atoms with van der Waals surface area (Å²) in [5, 5.41) is 0. The van der Waals surface area contributed by atoms with Crippen molar-refractivity contribution in [1.82, 2.24) is 0 Å². The fraction of sp³-hybridized carbons (Fsp3) is 1.00. The third-order valence-electron chi connectivity index (χ3n) is 4.59. The van der Waals surface area contributed by atoms with Gasteiger partial charge in [-0.25, -0.2) is 0 Å². The van der Waals surface area contributed by atoms with E-state index in [1.165, 1.54) is 19.3 Å². The zero-order chi connectivity index (χ0) is 9.00. The molecule has 0 N–H and O–H groups in total. The van der Waals surface area contributed by atoms with Gasteiger partial charge in [0.25, 0.3) is 0 Å². The van der Waals surface area contributed by atoms with Gasteiger partial charge in [0, 0.05) is 20.1 Å². The average Bonchev–Trinajstić information content (AvgIpc) is 2.90. The van der Waals surface area contributed by atoms with E-state index in [-0.39, 0.29) is 0 Å². The number of ether oxygens (including phenoxy) is 2. The molecule has 3 saturated carbocycles. The summed E-state index contributed by atoms with van der Waals surface area (Å²) in [5.41, 5.74) is 0. The average molecular weight is 182 g/mol. The summed E-state index contributed by atoms with van der Waals surface area (Å²) < 4.78 is 11.2. The first-order valence-corrected chi connectivity index (χ1v) is 5.42. The van der Waals surface area contributed by atoms with Gasteiger partial charge in [0.05, 0.1) is 12.2 Å². The molecule has 3 rings (SSSR count). The van der Waals surface area contributed by atoms with Crippen LogP contribution in [0, 0.1) is 23.7 Å². The predicted octanol–water partition coefficient (Wildman–Crippen LogP) is 1.69. The van der Waals surface area contributed by atoms with E-state index >= 15 is 0 Å². The number of methoxy groups -OCH3 is 2. The molecule has 0 aromatic heterocycles. The smallest absolute Gasteiger partial charge is 0.0657 e. The highest BCUT2D eigenvalue weighted by Gasteiger charge is 2.63. The Morgan fingerprint density at radius 2 is 1.69 bits per heavy atom. The Morgan fingerprint density at radius 1 is 0.923 bits per heavy atom. The second-order valence-corrected chi connectivity index (χ2v) is 4.86. The molecule has 2 nitrogen and oxygen atoms in total. The van der Waals surface area contributed by atoms with Gasteiger partial charge < -0.3 is 9.47 Å². The molecule has 3 aliphatic rings. The summed E-state index contributed by atoms with van der Waals surface area (Å²) in [6, 6.07) is 0. The Labute approximate surface area is 79.6 Å². The van der Waals surface area contributed by atoms with E-state index in [9.17, 15) is 0 Å². The first-order valence-electron chi connectivity index (χ1n) is 5.42. The molecule has 0 aromatic carbocycles. The van der Waals surface area contributed by atoms with Crippen molar-refractivity contribution >= 4 is 0 Å². The molecule has 3 aliphatic carbocycles. The Kier molecular flexibility index (Phi) is 1.72. The van der Waals surface area contributed by atoms with Gasteiger partial charge >= 0.3 is 0 Å². The van der Waals surface area contributed by atoms with Gasteiger partial charge in [-0.15, -0.1) is 0 Å². The van der Waals surface area contributed by atoms with Crippen molar-refractivity contribution < 1.29 is 9.47 Å². The van der Waals surface area contributed by atoms with Crippen LogP contribution in [-0.2, 0) is 9.47 Å². The zero-order valence-corrected chi connectivity index (χ0v) is 8.40. The molecule has 0 saturated heterocycles. The van der Waals surface area contributed by atoms with E-state index in [0.29, 0.717) is 18.1 Å². The monoisotopic (exact) mass is 182 g/mol. The van der Waals surface area contributed by atoms with Crippen molar-refractivity contribution in [2.75, 3.05) is 14.2 Å². The lowest BCUT2D eigenvalue weighted by Gasteiger charge is -2.37. The second-order valence-electron chi connectivity index (χ2n) is 4.86. The molecule has 74 valence electrons. The van der Waals surface area contributed by atoms with Gasteiger partial charge in [0.1, 0.15) is 0 Å². The van der Waals surface area contributed by atoms with Crippen molar-refractivity contribution in [3.8, 4) is 0 Å². The van der Waals surface area contributed by atoms with Gasteiger partial charge in [0.2, 0.25) is 0 Å². The third-order valence-corrected chi connectivity index (χ3v) is 4.59. The van der Waals surface area contributed by atoms with Crippen LogP contribution < -0.4 is 0 Å². The van der Waals surface area contributed by atoms with Crippen molar-refractivity contribution in [1.29, 1.82) is 0 Å². The first-order chi connectivity index (χ1) is 6.36. The minimum Gasteiger partial charge on any atom is -0.381 e. The lowest BCUT2D eigenvalue weighted by Crippen LogP contribution is -2.41. The highest BCUT2D eigenvalue weighted by atomic mass is 16.5. The topological polar surface area (TPSA) is 18.5 Å². The number of hydrogen-bond donors (Lipinski definition) is 0. The summed E-state index contributed by atoms with van der Waals surface area (Å²) >= 11 is 0. The fourth-order valence-electron chi connectivity index (χ4n) is 3.98. The molecule has 3 fully saturated rings. The Balaban J connectivity index is 1.85. The van der Waals surface area contributed by atoms with E-state index in [1.807, 2.05) is 14.2 Å². The summed E-state index contributed by atoms with van der Waals surface area (Å²) in [4.78, 5) is 0. The number of rotatable bonds is 2. The van der Waals surface area contributed by atoms with Crippen LogP contribution >= 0.6 is 0 Å². The molecule has 0 radical (unpaired) electrons. The van der Waals surface area contributed by atoms with Gasteiger partial charge in [-0.2, -0.15) is 0 Å². The second kappa shape index (κ2) is 2.71. The standard InChI is InChI=1S/C11H18O2/c1-12-9-5-8-6-3-4-7(9)11(13-2)10(6)8/h6-11H,3-5H2,1-2H3/t6-,7+,8?,9+,10?,11+/m0/s1. The maximum absolute atomic E-state index is 5.63.